The first kappa shape index (κ1) is 25.6. The summed E-state index contributed by atoms with van der Waals surface area (Å²) in [7, 11) is 1.19. The molecule has 0 amide bonds. The van der Waals surface area contributed by atoms with Gasteiger partial charge < -0.3 is 43.0 Å². The number of rotatable bonds is 5. The third kappa shape index (κ3) is 6.31. The van der Waals surface area contributed by atoms with Crippen molar-refractivity contribution in [2.75, 3.05) is 13.7 Å². The molecule has 1 rings (SSSR count). The second kappa shape index (κ2) is 10.4. The molecule has 1 radical (unpaired) electrons. The predicted octanol–water partition coefficient (Wildman–Crippen LogP) is -1.98. The minimum atomic E-state index is -1.77. The molecule has 0 spiro atoms. The van der Waals surface area contributed by atoms with Gasteiger partial charge in [-0.3, -0.25) is 0 Å². The summed E-state index contributed by atoms with van der Waals surface area (Å²) in [5.41, 5.74) is 25.2. The number of carbonyl (C=O) groups excluding carboxylic acids is 1. The Labute approximate surface area is 172 Å². The summed E-state index contributed by atoms with van der Waals surface area (Å²) < 4.78 is 4.62. The zero-order chi connectivity index (χ0) is 16.4. The Morgan fingerprint density at radius 1 is 1.48 bits per heavy atom. The third-order valence-corrected chi connectivity index (χ3v) is 3.73. The van der Waals surface area contributed by atoms with Crippen molar-refractivity contribution in [3.63, 3.8) is 0 Å². The Bertz CT molecular complexity index is 416. The fourth-order valence-electron chi connectivity index (χ4n) is 2.50. The normalized spacial score (nSPS) is 27.0. The molecule has 0 aromatic carbocycles. The number of ether oxygens (including phenoxy) is 1. The molecule has 9 nitrogen and oxygen atoms in total. The van der Waals surface area contributed by atoms with Crippen LogP contribution in [0.25, 0.3) is 5.73 Å². The molecule has 10 N–H and O–H groups in total. The number of methoxy groups -OCH3 is 1. The van der Waals surface area contributed by atoms with E-state index in [0.717, 1.165) is 0 Å². The van der Waals surface area contributed by atoms with Gasteiger partial charge in [-0.15, -0.1) is 6.04 Å². The van der Waals surface area contributed by atoms with Crippen LogP contribution in [0.1, 0.15) is 13.8 Å². The maximum absolute atomic E-state index is 11.7. The number of aliphatic hydroxyl groups is 3. The number of hydrogen-bond acceptors (Lipinski definition) is 8. The number of nitrogens with one attached hydrogen (secondary N) is 1. The summed E-state index contributed by atoms with van der Waals surface area (Å²) in [6.07, 6.45) is -1.50. The quantitative estimate of drug-likeness (QED) is 0.169. The van der Waals surface area contributed by atoms with Crippen molar-refractivity contribution in [2.24, 2.45) is 29.0 Å². The number of esters is 1. The maximum atomic E-state index is 11.7. The van der Waals surface area contributed by atoms with Crippen molar-refractivity contribution in [1.29, 1.82) is 0 Å². The van der Waals surface area contributed by atoms with Gasteiger partial charge in [-0.2, -0.15) is 0 Å². The van der Waals surface area contributed by atoms with E-state index in [2.05, 4.69) is 4.74 Å². The Morgan fingerprint density at radius 3 is 2.39 bits per heavy atom. The van der Waals surface area contributed by atoms with Crippen molar-refractivity contribution >= 4 is 5.97 Å². The zero-order valence-corrected chi connectivity index (χ0v) is 17.1. The van der Waals surface area contributed by atoms with E-state index in [0.29, 0.717) is 0 Å². The summed E-state index contributed by atoms with van der Waals surface area (Å²) in [5, 5.41) is 28.5. The van der Waals surface area contributed by atoms with Crippen molar-refractivity contribution in [1.82, 2.24) is 0 Å². The van der Waals surface area contributed by atoms with Crippen LogP contribution >= 0.6 is 0 Å². The summed E-state index contributed by atoms with van der Waals surface area (Å²) in [5.74, 6) is -4.21. The van der Waals surface area contributed by atoms with Crippen LogP contribution in [-0.2, 0) is 9.53 Å². The SMILES string of the molecule is C.COC(=O)C1=C[C@H](C(N)(N)N)[C@@H]([NH-])C([C@H](O)[C@H](O)CO)C1.[Ac]. The number of nitrogens with two attached hydrogens (primary N) is 3. The Morgan fingerprint density at radius 2 is 2.00 bits per heavy atom. The van der Waals surface area contributed by atoms with Crippen LogP contribution in [0.4, 0.5) is 0 Å². The monoisotopic (exact) mass is 546 g/mol. The summed E-state index contributed by atoms with van der Waals surface area (Å²) in [6, 6.07) is -1.05. The molecule has 0 fully saturated rings. The van der Waals surface area contributed by atoms with Crippen LogP contribution in [0.5, 0.6) is 0 Å². The van der Waals surface area contributed by atoms with Gasteiger partial charge in [-0.25, -0.2) is 4.79 Å². The van der Waals surface area contributed by atoms with E-state index in [1.807, 2.05) is 0 Å². The van der Waals surface area contributed by atoms with Crippen LogP contribution in [0, 0.1) is 55.9 Å². The van der Waals surface area contributed by atoms with Gasteiger partial charge in [0.05, 0.1) is 19.8 Å². The number of hydrogen-bond donors (Lipinski definition) is 6. The van der Waals surface area contributed by atoms with Crippen LogP contribution in [0.15, 0.2) is 11.6 Å². The van der Waals surface area contributed by atoms with Crippen molar-refractivity contribution in [3.05, 3.63) is 17.4 Å². The standard InChI is InChI=1S/C12H23N4O5.CH4.Ac/c1-21-11(20)5-2-6(10(19)8(18)4-17)9(13)7(3-5)12(14,15)16;;/h3,6-10,13,17-19H,2,4,14-16H2,1H3;1H4;/q-1;;/t6?,7-,8+,9-,10-;;/m0../s1. The predicted molar refractivity (Wildman–Crippen MR) is 80.9 cm³/mol. The smallest absolute Gasteiger partial charge is 0.333 e. The molecule has 133 valence electrons. The molecule has 0 heterocycles. The Kier molecular flexibility index (Phi) is 11.6. The summed E-state index contributed by atoms with van der Waals surface area (Å²) in [4.78, 5) is 11.7. The summed E-state index contributed by atoms with van der Waals surface area (Å²) in [6.45, 7) is -0.675. The minimum Gasteiger partial charge on any atom is -0.674 e. The van der Waals surface area contributed by atoms with E-state index in [9.17, 15) is 15.0 Å². The number of carbonyl (C=O) groups is 1. The second-order valence-corrected chi connectivity index (χ2v) is 5.34. The van der Waals surface area contributed by atoms with E-state index in [4.69, 9.17) is 28.0 Å². The van der Waals surface area contributed by atoms with Gasteiger partial charge in [-0.1, -0.05) is 13.5 Å². The molecule has 0 aromatic rings. The van der Waals surface area contributed by atoms with Gasteiger partial charge in [0, 0.05) is 55.6 Å². The van der Waals surface area contributed by atoms with Gasteiger partial charge in [0.25, 0.3) is 0 Å². The van der Waals surface area contributed by atoms with Crippen LogP contribution in [0.3, 0.4) is 0 Å². The average Bonchev–Trinajstić information content (AvgIpc) is 2.43. The van der Waals surface area contributed by atoms with Crippen LogP contribution in [-0.4, -0.2) is 59.0 Å². The number of aliphatic hydroxyl groups excluding tert-OH is 3. The minimum absolute atomic E-state index is 0. The fourth-order valence-corrected chi connectivity index (χ4v) is 2.50. The van der Waals surface area contributed by atoms with E-state index < -0.39 is 48.4 Å². The molecule has 10 heteroatoms. The molecule has 23 heavy (non-hydrogen) atoms. The molecule has 1 aliphatic rings. The molecule has 0 saturated heterocycles. The maximum Gasteiger partial charge on any atom is 0.333 e. The molecule has 0 aliphatic heterocycles. The second-order valence-electron chi connectivity index (χ2n) is 5.34. The molecule has 1 aliphatic carbocycles. The largest absolute Gasteiger partial charge is 0.674 e. The molecular formula is C13H27AcN4O5-. The third-order valence-electron chi connectivity index (χ3n) is 3.73. The van der Waals surface area contributed by atoms with E-state index in [1.54, 1.807) is 0 Å². The van der Waals surface area contributed by atoms with Gasteiger partial charge in [0.1, 0.15) is 11.9 Å². The molecule has 1 unspecified atom stereocenters. The van der Waals surface area contributed by atoms with E-state index in [1.165, 1.54) is 13.2 Å². The molecular weight excluding hydrogens is 519 g/mol. The first-order valence-electron chi connectivity index (χ1n) is 6.47. The molecule has 5 atom stereocenters. The first-order valence-corrected chi connectivity index (χ1v) is 6.47. The Hall–Kier alpha value is 0.372. The van der Waals surface area contributed by atoms with E-state index in [-0.39, 0.29) is 63.5 Å². The van der Waals surface area contributed by atoms with Gasteiger partial charge >= 0.3 is 5.97 Å². The van der Waals surface area contributed by atoms with Crippen LogP contribution < -0.4 is 17.2 Å². The molecule has 0 saturated carbocycles. The first-order chi connectivity index (χ1) is 9.63. The van der Waals surface area contributed by atoms with Crippen molar-refractivity contribution in [3.8, 4) is 0 Å². The van der Waals surface area contributed by atoms with Crippen LogP contribution in [0.2, 0.25) is 0 Å². The molecule has 0 aromatic heterocycles. The van der Waals surface area contributed by atoms with Gasteiger partial charge in [0.15, 0.2) is 0 Å². The van der Waals surface area contributed by atoms with E-state index >= 15 is 0 Å². The van der Waals surface area contributed by atoms with Gasteiger partial charge in [-0.05, 0) is 12.3 Å². The van der Waals surface area contributed by atoms with Crippen molar-refractivity contribution < 1.29 is 68.9 Å². The molecule has 0 bridgehead atoms. The summed E-state index contributed by atoms with van der Waals surface area (Å²) >= 11 is 0. The van der Waals surface area contributed by atoms with Crippen molar-refractivity contribution in [2.45, 2.75) is 37.9 Å². The zero-order valence-electron chi connectivity index (χ0n) is 12.3. The Balaban J connectivity index is 0. The topological polar surface area (TPSA) is 189 Å². The average molecular weight is 546 g/mol. The fraction of sp³-hybridized carbons (Fsp3) is 0.769. The van der Waals surface area contributed by atoms with Gasteiger partial charge in [0.2, 0.25) is 0 Å².